The number of benzene rings is 2. The normalized spacial score (nSPS) is 15.5. The Morgan fingerprint density at radius 2 is 2.00 bits per heavy atom. The second-order valence-corrected chi connectivity index (χ2v) is 7.82. The Labute approximate surface area is 177 Å². The van der Waals surface area contributed by atoms with E-state index in [2.05, 4.69) is 22.1 Å². The number of hydrogen-bond donors (Lipinski definition) is 2. The molecule has 2 aromatic carbocycles. The smallest absolute Gasteiger partial charge is 0.131 e. The number of anilines is 2. The summed E-state index contributed by atoms with van der Waals surface area (Å²) in [7, 11) is 0. The fourth-order valence-corrected chi connectivity index (χ4v) is 4.00. The fourth-order valence-electron chi connectivity index (χ4n) is 4.00. The molecule has 0 bridgehead atoms. The molecule has 30 heavy (non-hydrogen) atoms. The Bertz CT molecular complexity index is 1000. The van der Waals surface area contributed by atoms with Gasteiger partial charge in [-0.25, -0.2) is 9.37 Å². The van der Waals surface area contributed by atoms with Crippen molar-refractivity contribution in [3.8, 4) is 0 Å². The predicted molar refractivity (Wildman–Crippen MR) is 120 cm³/mol. The van der Waals surface area contributed by atoms with Crippen molar-refractivity contribution in [2.75, 3.05) is 30.7 Å². The molecule has 2 heterocycles. The summed E-state index contributed by atoms with van der Waals surface area (Å²) in [5.74, 6) is 0.276. The third-order valence-corrected chi connectivity index (χ3v) is 5.89. The number of piperidine rings is 1. The number of aromatic nitrogens is 1. The van der Waals surface area contributed by atoms with E-state index in [9.17, 15) is 4.39 Å². The molecule has 158 valence electrons. The minimum Gasteiger partial charge on any atom is -0.383 e. The van der Waals surface area contributed by atoms with Gasteiger partial charge in [-0.3, -0.25) is 0 Å². The van der Waals surface area contributed by atoms with Crippen molar-refractivity contribution in [1.29, 1.82) is 0 Å². The molecule has 1 aromatic heterocycles. The van der Waals surface area contributed by atoms with Crippen molar-refractivity contribution in [2.24, 2.45) is 0 Å². The van der Waals surface area contributed by atoms with Gasteiger partial charge in [-0.05, 0) is 43.1 Å². The first-order chi connectivity index (χ1) is 14.6. The molecule has 3 aromatic rings. The van der Waals surface area contributed by atoms with Gasteiger partial charge in [0.15, 0.2) is 0 Å². The highest BCUT2D eigenvalue weighted by Gasteiger charge is 2.18. The average molecular weight is 409 g/mol. The minimum atomic E-state index is -0.217. The Balaban J connectivity index is 1.36. The van der Waals surface area contributed by atoms with E-state index in [0.717, 1.165) is 54.5 Å². The van der Waals surface area contributed by atoms with Crippen LogP contribution in [0.15, 0.2) is 48.7 Å². The van der Waals surface area contributed by atoms with E-state index in [1.165, 1.54) is 0 Å². The Morgan fingerprint density at radius 3 is 2.77 bits per heavy atom. The Kier molecular flexibility index (Phi) is 6.45. The number of fused-ring (bicyclic) bond motifs is 1. The zero-order valence-corrected chi connectivity index (χ0v) is 17.4. The molecule has 1 saturated heterocycles. The van der Waals surface area contributed by atoms with Crippen molar-refractivity contribution in [3.05, 3.63) is 65.6 Å². The van der Waals surface area contributed by atoms with Gasteiger partial charge in [0.1, 0.15) is 11.6 Å². The van der Waals surface area contributed by atoms with Crippen LogP contribution in [-0.4, -0.2) is 35.6 Å². The highest BCUT2D eigenvalue weighted by Crippen LogP contribution is 2.27. The van der Waals surface area contributed by atoms with E-state index in [4.69, 9.17) is 10.5 Å². The van der Waals surface area contributed by atoms with Gasteiger partial charge >= 0.3 is 0 Å². The molecule has 1 aliphatic heterocycles. The van der Waals surface area contributed by atoms with Crippen LogP contribution < -0.4 is 11.1 Å². The number of hydrogen-bond acceptors (Lipinski definition) is 5. The third kappa shape index (κ3) is 4.71. The number of nitrogens with two attached hydrogens (primary N) is 1. The molecule has 0 amide bonds. The largest absolute Gasteiger partial charge is 0.383 e. The second kappa shape index (κ2) is 9.41. The second-order valence-electron chi connectivity index (χ2n) is 7.82. The molecule has 3 N–H and O–H groups in total. The molecule has 4 rings (SSSR count). The van der Waals surface area contributed by atoms with Crippen molar-refractivity contribution >= 4 is 22.3 Å². The maximum atomic E-state index is 14.7. The standard InChI is InChI=1S/C24H29FN4O/c1-2-29-12-9-19(10-13-29)30-16-17-6-7-18(22(25)14-17)15-28-23-5-3-4-21-20(23)8-11-27-24(21)26/h3-8,11,14,19,28H,2,9-10,12-13,15-16H2,1H3,(H2,26,27). The highest BCUT2D eigenvalue weighted by molar-refractivity contribution is 5.99. The molecule has 1 aliphatic rings. The van der Waals surface area contributed by atoms with Gasteiger partial charge in [0.05, 0.1) is 12.7 Å². The van der Waals surface area contributed by atoms with Crippen LogP contribution in [0.2, 0.25) is 0 Å². The number of nitrogens with one attached hydrogen (secondary N) is 1. The molecular formula is C24H29FN4O. The number of nitrogen functional groups attached to an aromatic ring is 1. The molecule has 1 fully saturated rings. The fraction of sp³-hybridized carbons (Fsp3) is 0.375. The lowest BCUT2D eigenvalue weighted by Gasteiger charge is -2.30. The molecule has 0 unspecified atom stereocenters. The van der Waals surface area contributed by atoms with Gasteiger partial charge in [-0.1, -0.05) is 31.2 Å². The van der Waals surface area contributed by atoms with Crippen LogP contribution in [0.5, 0.6) is 0 Å². The van der Waals surface area contributed by atoms with Crippen LogP contribution in [0.4, 0.5) is 15.9 Å². The Morgan fingerprint density at radius 1 is 1.17 bits per heavy atom. The number of likely N-dealkylation sites (tertiary alicyclic amines) is 1. The van der Waals surface area contributed by atoms with E-state index in [1.54, 1.807) is 12.3 Å². The Hall–Kier alpha value is -2.70. The average Bonchev–Trinajstić information content (AvgIpc) is 2.78. The van der Waals surface area contributed by atoms with E-state index in [0.29, 0.717) is 24.5 Å². The number of pyridine rings is 1. The molecule has 0 aliphatic carbocycles. The van der Waals surface area contributed by atoms with Crippen LogP contribution in [0.1, 0.15) is 30.9 Å². The lowest BCUT2D eigenvalue weighted by molar-refractivity contribution is -0.00153. The van der Waals surface area contributed by atoms with Crippen LogP contribution >= 0.6 is 0 Å². The van der Waals surface area contributed by atoms with E-state index in [1.807, 2.05) is 36.4 Å². The lowest BCUT2D eigenvalue weighted by atomic mass is 10.1. The molecule has 0 saturated carbocycles. The maximum absolute atomic E-state index is 14.7. The minimum absolute atomic E-state index is 0.217. The monoisotopic (exact) mass is 408 g/mol. The van der Waals surface area contributed by atoms with Gasteiger partial charge in [0, 0.05) is 47.9 Å². The van der Waals surface area contributed by atoms with Crippen LogP contribution in [0.25, 0.3) is 10.8 Å². The molecule has 6 heteroatoms. The molecule has 0 spiro atoms. The number of rotatable bonds is 7. The summed E-state index contributed by atoms with van der Waals surface area (Å²) < 4.78 is 20.7. The van der Waals surface area contributed by atoms with Crippen molar-refractivity contribution < 1.29 is 9.13 Å². The summed E-state index contributed by atoms with van der Waals surface area (Å²) in [4.78, 5) is 6.56. The summed E-state index contributed by atoms with van der Waals surface area (Å²) in [6.45, 7) is 6.29. The third-order valence-electron chi connectivity index (χ3n) is 5.89. The summed E-state index contributed by atoms with van der Waals surface area (Å²) in [6.07, 6.45) is 4.04. The maximum Gasteiger partial charge on any atom is 0.131 e. The first kappa shape index (κ1) is 20.6. The van der Waals surface area contributed by atoms with Gasteiger partial charge in [0.25, 0.3) is 0 Å². The molecule has 0 atom stereocenters. The van der Waals surface area contributed by atoms with E-state index in [-0.39, 0.29) is 11.9 Å². The van der Waals surface area contributed by atoms with E-state index < -0.39 is 0 Å². The summed E-state index contributed by atoms with van der Waals surface area (Å²) in [6, 6.07) is 13.1. The van der Waals surface area contributed by atoms with Crippen molar-refractivity contribution in [3.63, 3.8) is 0 Å². The highest BCUT2D eigenvalue weighted by atomic mass is 19.1. The van der Waals surface area contributed by atoms with Gasteiger partial charge in [-0.15, -0.1) is 0 Å². The zero-order valence-electron chi connectivity index (χ0n) is 17.4. The lowest BCUT2D eigenvalue weighted by Crippen LogP contribution is -2.36. The van der Waals surface area contributed by atoms with Gasteiger partial charge in [0.2, 0.25) is 0 Å². The zero-order chi connectivity index (χ0) is 20.9. The van der Waals surface area contributed by atoms with Crippen LogP contribution in [0.3, 0.4) is 0 Å². The van der Waals surface area contributed by atoms with Crippen molar-refractivity contribution in [1.82, 2.24) is 9.88 Å². The first-order valence-corrected chi connectivity index (χ1v) is 10.6. The van der Waals surface area contributed by atoms with Crippen LogP contribution in [0, 0.1) is 5.82 Å². The number of ether oxygens (including phenoxy) is 1. The number of nitrogens with zero attached hydrogens (tertiary/aromatic N) is 2. The van der Waals surface area contributed by atoms with Crippen LogP contribution in [-0.2, 0) is 17.9 Å². The van der Waals surface area contributed by atoms with Gasteiger partial charge < -0.3 is 20.7 Å². The quantitative estimate of drug-likeness (QED) is 0.600. The van der Waals surface area contributed by atoms with Gasteiger partial charge in [-0.2, -0.15) is 0 Å². The predicted octanol–water partition coefficient (Wildman–Crippen LogP) is 4.57. The van der Waals surface area contributed by atoms with E-state index >= 15 is 0 Å². The number of halogens is 1. The van der Waals surface area contributed by atoms with Crippen molar-refractivity contribution in [2.45, 2.75) is 39.0 Å². The SMILES string of the molecule is CCN1CCC(OCc2ccc(CNc3cccc4c(N)nccc34)c(F)c2)CC1. The summed E-state index contributed by atoms with van der Waals surface area (Å²) in [5, 5.41) is 5.19. The molecule has 0 radical (unpaired) electrons. The summed E-state index contributed by atoms with van der Waals surface area (Å²) >= 11 is 0. The molecule has 5 nitrogen and oxygen atoms in total. The molecular weight excluding hydrogens is 379 g/mol. The first-order valence-electron chi connectivity index (χ1n) is 10.6. The topological polar surface area (TPSA) is 63.4 Å². The summed E-state index contributed by atoms with van der Waals surface area (Å²) in [5.41, 5.74) is 8.36.